The number of hydrogen-bond acceptors (Lipinski definition) is 2. The maximum absolute atomic E-state index is 10.1. The molecule has 1 aromatic heterocycles. The molecule has 1 heterocycles. The van der Waals surface area contributed by atoms with Crippen molar-refractivity contribution in [2.45, 2.75) is 0 Å². The molecule has 5 nitrogen and oxygen atoms in total. The number of benzene rings is 6. The van der Waals surface area contributed by atoms with Crippen LogP contribution in [0.1, 0.15) is 11.1 Å². The Balaban J connectivity index is 1.62. The second-order valence-electron chi connectivity index (χ2n) is 10.5. The third-order valence-corrected chi connectivity index (χ3v) is 8.13. The Hall–Kier alpha value is -6.92. The standard InChI is InChI=1S/C40H21N5/c1-43-34-17-7-13-29(24-41)38(34)28-20-21-36-33(23-28)40-32(39-30(25-42)14-8-18-35(39)44-2)16-9-19-37(40)45(36)31-15-6-12-27(22-31)26-10-4-3-5-11-26/h3-23H. The Morgan fingerprint density at radius 2 is 1.18 bits per heavy atom. The molecule has 0 saturated carbocycles. The van der Waals surface area contributed by atoms with Crippen LogP contribution in [0, 0.1) is 35.8 Å². The lowest BCUT2D eigenvalue weighted by molar-refractivity contribution is 1.18. The molecule has 0 saturated heterocycles. The van der Waals surface area contributed by atoms with Gasteiger partial charge in [0.1, 0.15) is 0 Å². The second-order valence-corrected chi connectivity index (χ2v) is 10.5. The van der Waals surface area contributed by atoms with Crippen LogP contribution < -0.4 is 0 Å². The quantitative estimate of drug-likeness (QED) is 0.197. The third-order valence-electron chi connectivity index (χ3n) is 8.13. The summed E-state index contributed by atoms with van der Waals surface area (Å²) in [5, 5.41) is 21.8. The van der Waals surface area contributed by atoms with Crippen molar-refractivity contribution in [3.8, 4) is 51.2 Å². The maximum Gasteiger partial charge on any atom is 0.196 e. The zero-order valence-electron chi connectivity index (χ0n) is 23.9. The number of nitrogens with zero attached hydrogens (tertiary/aromatic N) is 5. The zero-order chi connectivity index (χ0) is 30.9. The predicted octanol–water partition coefficient (Wildman–Crippen LogP) is 10.6. The fraction of sp³-hybridized carbons (Fsp3) is 0. The van der Waals surface area contributed by atoms with Crippen molar-refractivity contribution in [2.75, 3.05) is 0 Å². The Morgan fingerprint density at radius 1 is 0.533 bits per heavy atom. The van der Waals surface area contributed by atoms with Crippen LogP contribution in [-0.4, -0.2) is 4.57 Å². The monoisotopic (exact) mass is 571 g/mol. The Labute approximate surface area is 260 Å². The molecule has 45 heavy (non-hydrogen) atoms. The molecule has 0 atom stereocenters. The van der Waals surface area contributed by atoms with Crippen LogP contribution in [0.25, 0.3) is 70.6 Å². The number of aromatic nitrogens is 1. The Morgan fingerprint density at radius 3 is 1.89 bits per heavy atom. The van der Waals surface area contributed by atoms with Crippen LogP contribution in [0.3, 0.4) is 0 Å². The average Bonchev–Trinajstić information content (AvgIpc) is 3.45. The van der Waals surface area contributed by atoms with Crippen molar-refractivity contribution in [2.24, 2.45) is 0 Å². The number of nitriles is 2. The first-order chi connectivity index (χ1) is 22.2. The first-order valence-electron chi connectivity index (χ1n) is 14.2. The van der Waals surface area contributed by atoms with Gasteiger partial charge in [-0.15, -0.1) is 0 Å². The number of rotatable bonds is 4. The van der Waals surface area contributed by atoms with Gasteiger partial charge in [-0.05, 0) is 64.7 Å². The van der Waals surface area contributed by atoms with Crippen molar-refractivity contribution in [3.05, 3.63) is 161 Å². The summed E-state index contributed by atoms with van der Waals surface area (Å²) < 4.78 is 2.20. The van der Waals surface area contributed by atoms with E-state index in [1.165, 1.54) is 0 Å². The van der Waals surface area contributed by atoms with E-state index in [1.54, 1.807) is 36.4 Å². The smallest absolute Gasteiger partial charge is 0.196 e. The Bertz CT molecular complexity index is 2410. The number of fused-ring (bicyclic) bond motifs is 3. The van der Waals surface area contributed by atoms with Gasteiger partial charge < -0.3 is 4.57 Å². The lowest BCUT2D eigenvalue weighted by Gasteiger charge is -2.12. The summed E-state index contributed by atoms with van der Waals surface area (Å²) in [5.41, 5.74) is 9.30. The van der Waals surface area contributed by atoms with E-state index in [9.17, 15) is 10.5 Å². The van der Waals surface area contributed by atoms with Gasteiger partial charge in [0.25, 0.3) is 0 Å². The normalized spacial score (nSPS) is 10.6. The molecule has 0 bridgehead atoms. The molecule has 0 fully saturated rings. The minimum atomic E-state index is 0.398. The van der Waals surface area contributed by atoms with Crippen molar-refractivity contribution >= 4 is 33.2 Å². The summed E-state index contributed by atoms with van der Waals surface area (Å²) in [5.74, 6) is 0. The molecule has 0 unspecified atom stereocenters. The van der Waals surface area contributed by atoms with E-state index in [1.807, 2.05) is 60.7 Å². The Kier molecular flexibility index (Phi) is 6.62. The van der Waals surface area contributed by atoms with Crippen LogP contribution in [0.4, 0.5) is 11.4 Å². The third kappa shape index (κ3) is 4.38. The largest absolute Gasteiger partial charge is 0.309 e. The van der Waals surface area contributed by atoms with Crippen LogP contribution in [-0.2, 0) is 0 Å². The highest BCUT2D eigenvalue weighted by molar-refractivity contribution is 6.18. The number of hydrogen-bond donors (Lipinski definition) is 0. The van der Waals surface area contributed by atoms with E-state index in [-0.39, 0.29) is 0 Å². The van der Waals surface area contributed by atoms with Crippen molar-refractivity contribution in [1.29, 1.82) is 10.5 Å². The van der Waals surface area contributed by atoms with Crippen LogP contribution in [0.5, 0.6) is 0 Å². The van der Waals surface area contributed by atoms with Gasteiger partial charge in [-0.25, -0.2) is 9.69 Å². The first-order valence-corrected chi connectivity index (χ1v) is 14.2. The summed E-state index contributed by atoms with van der Waals surface area (Å²) in [6, 6.07) is 45.5. The molecule has 7 aromatic rings. The topological polar surface area (TPSA) is 61.2 Å². The van der Waals surface area contributed by atoms with Gasteiger partial charge >= 0.3 is 0 Å². The molecule has 0 N–H and O–H groups in total. The van der Waals surface area contributed by atoms with Crippen molar-refractivity contribution in [1.82, 2.24) is 4.57 Å². The van der Waals surface area contributed by atoms with Crippen LogP contribution in [0.15, 0.2) is 127 Å². The fourth-order valence-electron chi connectivity index (χ4n) is 6.21. The lowest BCUT2D eigenvalue weighted by atomic mass is 9.92. The van der Waals surface area contributed by atoms with E-state index in [0.29, 0.717) is 33.6 Å². The molecule has 0 aliphatic heterocycles. The van der Waals surface area contributed by atoms with E-state index in [0.717, 1.165) is 49.7 Å². The molecule has 0 aliphatic carbocycles. The van der Waals surface area contributed by atoms with E-state index < -0.39 is 0 Å². The molecule has 0 aliphatic rings. The van der Waals surface area contributed by atoms with Gasteiger partial charge in [-0.3, -0.25) is 0 Å². The predicted molar refractivity (Wildman–Crippen MR) is 179 cm³/mol. The van der Waals surface area contributed by atoms with Gasteiger partial charge in [0, 0.05) is 38.7 Å². The van der Waals surface area contributed by atoms with Gasteiger partial charge in [0.15, 0.2) is 11.4 Å². The summed E-state index contributed by atoms with van der Waals surface area (Å²) in [6.07, 6.45) is 0. The molecular weight excluding hydrogens is 550 g/mol. The van der Waals surface area contributed by atoms with E-state index >= 15 is 0 Å². The van der Waals surface area contributed by atoms with Crippen molar-refractivity contribution in [3.63, 3.8) is 0 Å². The molecule has 6 aromatic carbocycles. The molecule has 7 rings (SSSR count). The molecule has 5 heteroatoms. The highest BCUT2D eigenvalue weighted by atomic mass is 15.0. The minimum absolute atomic E-state index is 0.398. The maximum atomic E-state index is 10.1. The van der Waals surface area contributed by atoms with Crippen molar-refractivity contribution < 1.29 is 0 Å². The zero-order valence-corrected chi connectivity index (χ0v) is 23.9. The molecular formula is C40H21N5. The summed E-state index contributed by atoms with van der Waals surface area (Å²) in [7, 11) is 0. The van der Waals surface area contributed by atoms with Gasteiger partial charge in [0.05, 0.1) is 36.3 Å². The van der Waals surface area contributed by atoms with Gasteiger partial charge in [0.2, 0.25) is 0 Å². The molecule has 206 valence electrons. The second kappa shape index (κ2) is 11.1. The lowest BCUT2D eigenvalue weighted by Crippen LogP contribution is -1.95. The summed E-state index contributed by atoms with van der Waals surface area (Å²) in [4.78, 5) is 7.51. The van der Waals surface area contributed by atoms with Gasteiger partial charge in [-0.2, -0.15) is 10.5 Å². The van der Waals surface area contributed by atoms with E-state index in [4.69, 9.17) is 13.1 Å². The van der Waals surface area contributed by atoms with E-state index in [2.05, 4.69) is 56.7 Å². The SMILES string of the molecule is [C-]#[N+]c1cccc(C#N)c1-c1ccc2c(c1)c1c(-c3c(C#N)cccc3[N+]#[C-])cccc1n2-c1cccc(-c2ccccc2)c1. The first kappa shape index (κ1) is 26.9. The van der Waals surface area contributed by atoms with Crippen LogP contribution >= 0.6 is 0 Å². The minimum Gasteiger partial charge on any atom is -0.309 e. The highest BCUT2D eigenvalue weighted by Crippen LogP contribution is 2.45. The fourth-order valence-corrected chi connectivity index (χ4v) is 6.21. The molecule has 0 amide bonds. The molecule has 0 radical (unpaired) electrons. The van der Waals surface area contributed by atoms with Gasteiger partial charge in [-0.1, -0.05) is 84.9 Å². The molecule has 0 spiro atoms. The highest BCUT2D eigenvalue weighted by Gasteiger charge is 2.21. The van der Waals surface area contributed by atoms with Crippen LogP contribution in [0.2, 0.25) is 0 Å². The summed E-state index contributed by atoms with van der Waals surface area (Å²) in [6.45, 7) is 15.7. The summed E-state index contributed by atoms with van der Waals surface area (Å²) >= 11 is 0. The average molecular weight is 572 g/mol.